The van der Waals surface area contributed by atoms with Crippen LogP contribution < -0.4 is 5.73 Å². The van der Waals surface area contributed by atoms with Crippen LogP contribution in [0.2, 0.25) is 0 Å². The quantitative estimate of drug-likeness (QED) is 0.545. The number of phosphoric ester groups is 1. The Bertz CT molecular complexity index is 362. The Morgan fingerprint density at radius 2 is 1.80 bits per heavy atom. The standard InChI is InChI=1S/C9H17F3NO6P/c1-9(2,3)19-20(15,18-7(12)6(10)11)17-5-4-16-8(13)14/h6-7H,4-5H2,1-3H3,(H2,13,14). The van der Waals surface area contributed by atoms with E-state index in [0.29, 0.717) is 0 Å². The molecule has 20 heavy (non-hydrogen) atoms. The summed E-state index contributed by atoms with van der Waals surface area (Å²) >= 11 is 0. The Morgan fingerprint density at radius 3 is 2.20 bits per heavy atom. The number of carbonyl (C=O) groups is 1. The van der Waals surface area contributed by atoms with Crippen molar-refractivity contribution in [2.45, 2.75) is 39.2 Å². The Morgan fingerprint density at radius 1 is 1.25 bits per heavy atom. The lowest BCUT2D eigenvalue weighted by molar-refractivity contribution is -0.0946. The van der Waals surface area contributed by atoms with Crippen LogP contribution in [0.15, 0.2) is 0 Å². The highest BCUT2D eigenvalue weighted by Crippen LogP contribution is 2.54. The van der Waals surface area contributed by atoms with Gasteiger partial charge in [0.15, 0.2) is 0 Å². The molecule has 1 amide bonds. The lowest BCUT2D eigenvalue weighted by Gasteiger charge is -2.26. The molecule has 0 radical (unpaired) electrons. The monoisotopic (exact) mass is 323 g/mol. The molecule has 0 heterocycles. The molecule has 0 saturated heterocycles. The first kappa shape index (κ1) is 19.2. The van der Waals surface area contributed by atoms with E-state index in [0.717, 1.165) is 0 Å². The first-order chi connectivity index (χ1) is 8.95. The lowest BCUT2D eigenvalue weighted by atomic mass is 10.2. The maximum atomic E-state index is 12.8. The zero-order valence-electron chi connectivity index (χ0n) is 11.2. The second kappa shape index (κ2) is 7.82. The molecule has 0 aromatic rings. The molecular formula is C9H17F3NO6P. The van der Waals surface area contributed by atoms with Gasteiger partial charge in [0.05, 0.1) is 12.2 Å². The number of alkyl halides is 3. The number of amides is 1. The summed E-state index contributed by atoms with van der Waals surface area (Å²) in [5.41, 5.74) is 3.55. The van der Waals surface area contributed by atoms with Crippen molar-refractivity contribution >= 4 is 13.9 Å². The van der Waals surface area contributed by atoms with Crippen LogP contribution in [0, 0.1) is 0 Å². The van der Waals surface area contributed by atoms with Crippen molar-refractivity contribution in [2.24, 2.45) is 5.73 Å². The fourth-order valence-electron chi connectivity index (χ4n) is 0.874. The highest BCUT2D eigenvalue weighted by atomic mass is 31.2. The molecule has 0 aromatic carbocycles. The third kappa shape index (κ3) is 9.13. The summed E-state index contributed by atoms with van der Waals surface area (Å²) in [5, 5.41) is 0. The van der Waals surface area contributed by atoms with E-state index in [2.05, 4.69) is 19.5 Å². The molecule has 0 fully saturated rings. The summed E-state index contributed by atoms with van der Waals surface area (Å²) in [6.45, 7) is 3.33. The van der Waals surface area contributed by atoms with Crippen LogP contribution in [-0.4, -0.2) is 37.7 Å². The third-order valence-electron chi connectivity index (χ3n) is 1.39. The van der Waals surface area contributed by atoms with Crippen LogP contribution >= 0.6 is 7.82 Å². The van der Waals surface area contributed by atoms with E-state index in [-0.39, 0.29) is 0 Å². The zero-order valence-corrected chi connectivity index (χ0v) is 12.1. The molecule has 0 saturated carbocycles. The molecule has 2 atom stereocenters. The number of nitrogens with two attached hydrogens (primary N) is 1. The number of halogens is 3. The number of phosphoric acid groups is 1. The zero-order chi connectivity index (χ0) is 16.0. The number of primary amides is 1. The molecule has 0 aliphatic heterocycles. The summed E-state index contributed by atoms with van der Waals surface area (Å²) in [4.78, 5) is 10.3. The summed E-state index contributed by atoms with van der Waals surface area (Å²) < 4.78 is 66.6. The van der Waals surface area contributed by atoms with Gasteiger partial charge >= 0.3 is 13.9 Å². The molecule has 0 aliphatic carbocycles. The molecule has 7 nitrogen and oxygen atoms in total. The predicted molar refractivity (Wildman–Crippen MR) is 61.9 cm³/mol. The number of hydrogen-bond acceptors (Lipinski definition) is 6. The molecule has 2 N–H and O–H groups in total. The average molecular weight is 323 g/mol. The second-order valence-corrected chi connectivity index (χ2v) is 5.99. The molecular weight excluding hydrogens is 306 g/mol. The van der Waals surface area contributed by atoms with Crippen molar-refractivity contribution in [1.82, 2.24) is 0 Å². The SMILES string of the molecule is CC(C)(C)OP(=O)(OCCOC(N)=O)OC(F)C(F)F. The van der Waals surface area contributed by atoms with Gasteiger partial charge in [-0.2, -0.15) is 0 Å². The van der Waals surface area contributed by atoms with Gasteiger partial charge < -0.3 is 10.5 Å². The van der Waals surface area contributed by atoms with Crippen molar-refractivity contribution in [3.63, 3.8) is 0 Å². The first-order valence-electron chi connectivity index (χ1n) is 5.43. The van der Waals surface area contributed by atoms with Gasteiger partial charge in [0.2, 0.25) is 0 Å². The fraction of sp³-hybridized carbons (Fsp3) is 0.889. The normalized spacial score (nSPS) is 16.8. The van der Waals surface area contributed by atoms with Crippen LogP contribution in [-0.2, 0) is 22.9 Å². The second-order valence-electron chi connectivity index (χ2n) is 4.44. The van der Waals surface area contributed by atoms with Crippen molar-refractivity contribution in [3.05, 3.63) is 0 Å². The third-order valence-corrected chi connectivity index (χ3v) is 3.12. The van der Waals surface area contributed by atoms with Crippen molar-refractivity contribution in [1.29, 1.82) is 0 Å². The van der Waals surface area contributed by atoms with Crippen LogP contribution in [0.1, 0.15) is 20.8 Å². The predicted octanol–water partition coefficient (Wildman–Crippen LogP) is 2.60. The van der Waals surface area contributed by atoms with Crippen molar-refractivity contribution in [2.75, 3.05) is 13.2 Å². The molecule has 120 valence electrons. The minimum Gasteiger partial charge on any atom is -0.447 e. The van der Waals surface area contributed by atoms with Gasteiger partial charge in [0, 0.05) is 0 Å². The average Bonchev–Trinajstić information content (AvgIpc) is 2.21. The van der Waals surface area contributed by atoms with Gasteiger partial charge in [-0.1, -0.05) is 0 Å². The van der Waals surface area contributed by atoms with E-state index in [1.54, 1.807) is 0 Å². The van der Waals surface area contributed by atoms with Gasteiger partial charge in [0.1, 0.15) is 6.61 Å². The Labute approximate surface area is 114 Å². The van der Waals surface area contributed by atoms with E-state index in [1.807, 2.05) is 0 Å². The van der Waals surface area contributed by atoms with Gasteiger partial charge in [-0.3, -0.25) is 9.05 Å². The molecule has 2 unspecified atom stereocenters. The number of ether oxygens (including phenoxy) is 1. The first-order valence-corrected chi connectivity index (χ1v) is 6.89. The fourth-order valence-corrected chi connectivity index (χ4v) is 2.34. The van der Waals surface area contributed by atoms with E-state index in [1.165, 1.54) is 20.8 Å². The molecule has 11 heteroatoms. The molecule has 0 bridgehead atoms. The summed E-state index contributed by atoms with van der Waals surface area (Å²) in [5.74, 6) is 0. The number of rotatable bonds is 8. The smallest absolute Gasteiger partial charge is 0.447 e. The van der Waals surface area contributed by atoms with Crippen molar-refractivity contribution in [3.8, 4) is 0 Å². The van der Waals surface area contributed by atoms with Gasteiger partial charge in [-0.15, -0.1) is 0 Å². The Hall–Kier alpha value is -0.830. The topological polar surface area (TPSA) is 97.1 Å². The lowest BCUT2D eigenvalue weighted by Crippen LogP contribution is -2.24. The van der Waals surface area contributed by atoms with Crippen LogP contribution in [0.4, 0.5) is 18.0 Å². The van der Waals surface area contributed by atoms with E-state index < -0.39 is 45.5 Å². The minimum atomic E-state index is -4.60. The maximum Gasteiger partial charge on any atom is 0.478 e. The summed E-state index contributed by atoms with van der Waals surface area (Å²) in [6, 6.07) is 0. The maximum absolute atomic E-state index is 12.8. The molecule has 0 rings (SSSR count). The summed E-state index contributed by atoms with van der Waals surface area (Å²) in [6.07, 6.45) is -7.77. The summed E-state index contributed by atoms with van der Waals surface area (Å²) in [7, 11) is -4.60. The van der Waals surface area contributed by atoms with E-state index in [9.17, 15) is 22.5 Å². The molecule has 0 spiro atoms. The van der Waals surface area contributed by atoms with Gasteiger partial charge in [-0.25, -0.2) is 27.1 Å². The highest BCUT2D eigenvalue weighted by molar-refractivity contribution is 7.48. The highest BCUT2D eigenvalue weighted by Gasteiger charge is 2.38. The van der Waals surface area contributed by atoms with Crippen LogP contribution in [0.3, 0.4) is 0 Å². The van der Waals surface area contributed by atoms with Gasteiger partial charge in [0.25, 0.3) is 12.8 Å². The van der Waals surface area contributed by atoms with Crippen LogP contribution in [0.25, 0.3) is 0 Å². The Balaban J connectivity index is 4.62. The minimum absolute atomic E-state index is 0.429. The van der Waals surface area contributed by atoms with Crippen molar-refractivity contribution < 1.29 is 40.8 Å². The number of carbonyl (C=O) groups excluding carboxylic acids is 1. The van der Waals surface area contributed by atoms with Gasteiger partial charge in [-0.05, 0) is 20.8 Å². The van der Waals surface area contributed by atoms with Crippen LogP contribution in [0.5, 0.6) is 0 Å². The number of hydrogen-bond donors (Lipinski definition) is 1. The van der Waals surface area contributed by atoms with E-state index in [4.69, 9.17) is 4.52 Å². The largest absolute Gasteiger partial charge is 0.478 e. The molecule has 0 aliphatic rings. The van der Waals surface area contributed by atoms with E-state index >= 15 is 0 Å². The Kier molecular flexibility index (Phi) is 7.50. The molecule has 0 aromatic heterocycles.